The van der Waals surface area contributed by atoms with E-state index in [1.807, 2.05) is 5.06 Å². The van der Waals surface area contributed by atoms with Crippen molar-refractivity contribution in [2.24, 2.45) is 0 Å². The highest BCUT2D eigenvalue weighted by Crippen LogP contribution is 2.40. The molecule has 1 saturated heterocycles. The number of carbonyl (C=O) groups excluding carboxylic acids is 1. The molecule has 0 spiro atoms. The van der Waals surface area contributed by atoms with Crippen LogP contribution in [0.2, 0.25) is 0 Å². The average molecular weight is 336 g/mol. The van der Waals surface area contributed by atoms with Gasteiger partial charge in [-0.2, -0.15) is 5.06 Å². The van der Waals surface area contributed by atoms with Gasteiger partial charge >= 0.3 is 5.30 Å². The molecule has 1 N–H and O–H groups in total. The molecule has 0 atom stereocenters. The van der Waals surface area contributed by atoms with Gasteiger partial charge in [-0.25, -0.2) is 4.79 Å². The van der Waals surface area contributed by atoms with Crippen molar-refractivity contribution < 1.29 is 19.5 Å². The summed E-state index contributed by atoms with van der Waals surface area (Å²) >= 11 is 1.09. The molecule has 22 heavy (non-hydrogen) atoms. The first-order valence-corrected chi connectivity index (χ1v) is 8.50. The fraction of sp³-hybridized carbons (Fsp3) is 0.938. The van der Waals surface area contributed by atoms with Gasteiger partial charge < -0.3 is 9.84 Å². The van der Waals surface area contributed by atoms with E-state index in [0.717, 1.165) is 11.8 Å². The molecular formula is C16H33NO4S. The van der Waals surface area contributed by atoms with E-state index < -0.39 is 5.60 Å². The Morgan fingerprint density at radius 1 is 1.27 bits per heavy atom. The van der Waals surface area contributed by atoms with Crippen molar-refractivity contribution in [1.29, 1.82) is 0 Å². The third kappa shape index (κ3) is 6.07. The van der Waals surface area contributed by atoms with Crippen molar-refractivity contribution in [1.82, 2.24) is 5.06 Å². The Morgan fingerprint density at radius 2 is 1.73 bits per heavy atom. The summed E-state index contributed by atoms with van der Waals surface area (Å²) in [5.74, 6) is 0. The van der Waals surface area contributed by atoms with Gasteiger partial charge in [-0.15, -0.1) is 0 Å². The first-order valence-electron chi connectivity index (χ1n) is 7.28. The van der Waals surface area contributed by atoms with Crippen LogP contribution in [0, 0.1) is 0 Å². The molecule has 1 aliphatic rings. The van der Waals surface area contributed by atoms with Crippen LogP contribution in [0.25, 0.3) is 0 Å². The summed E-state index contributed by atoms with van der Waals surface area (Å²) in [5, 5.41) is 11.6. The normalized spacial score (nSPS) is 22.0. The molecule has 0 bridgehead atoms. The smallest absolute Gasteiger partial charge is 0.367 e. The molecule has 0 saturated carbocycles. The highest BCUT2D eigenvalue weighted by atomic mass is 32.2. The van der Waals surface area contributed by atoms with Crippen molar-refractivity contribution in [3.8, 4) is 0 Å². The maximum Gasteiger partial charge on any atom is 0.367 e. The van der Waals surface area contributed by atoms with E-state index >= 15 is 0 Å². The first-order chi connectivity index (χ1) is 9.37. The molecule has 6 heteroatoms. The fourth-order valence-corrected chi connectivity index (χ4v) is 3.24. The number of carbonyl (C=O) groups is 1. The molecule has 132 valence electrons. The molecule has 5 nitrogen and oxygen atoms in total. The predicted molar refractivity (Wildman–Crippen MR) is 92.0 cm³/mol. The maximum atomic E-state index is 11.5. The number of hydrogen-bond donors (Lipinski definition) is 1. The van der Waals surface area contributed by atoms with E-state index in [9.17, 15) is 9.90 Å². The Labute approximate surface area is 139 Å². The van der Waals surface area contributed by atoms with Gasteiger partial charge in [0.1, 0.15) is 6.10 Å². The van der Waals surface area contributed by atoms with Crippen LogP contribution in [0.4, 0.5) is 4.79 Å². The molecule has 0 aromatic rings. The first kappa shape index (κ1) is 21.7. The van der Waals surface area contributed by atoms with E-state index in [4.69, 9.17) is 9.57 Å². The predicted octanol–water partition coefficient (Wildman–Crippen LogP) is 3.85. The number of nitrogens with zero attached hydrogens (tertiary/aromatic N) is 1. The summed E-state index contributed by atoms with van der Waals surface area (Å²) < 4.78 is 5.50. The quantitative estimate of drug-likeness (QED) is 0.788. The second-order valence-electron chi connectivity index (χ2n) is 7.61. The third-order valence-corrected chi connectivity index (χ3v) is 3.96. The Kier molecular flexibility index (Phi) is 7.41. The summed E-state index contributed by atoms with van der Waals surface area (Å²) in [6.07, 6.45) is 3.01. The molecule has 1 heterocycles. The van der Waals surface area contributed by atoms with Gasteiger partial charge in [0.15, 0.2) is 0 Å². The van der Waals surface area contributed by atoms with Gasteiger partial charge in [0.25, 0.3) is 0 Å². The number of piperidine rings is 1. The summed E-state index contributed by atoms with van der Waals surface area (Å²) in [5.41, 5.74) is -1.44. The minimum Gasteiger partial charge on any atom is -0.454 e. The Bertz CT molecular complexity index is 359. The van der Waals surface area contributed by atoms with Crippen molar-refractivity contribution in [3.05, 3.63) is 0 Å². The molecule has 0 radical (unpaired) electrons. The lowest BCUT2D eigenvalue weighted by Gasteiger charge is -2.53. The van der Waals surface area contributed by atoms with E-state index in [0.29, 0.717) is 12.8 Å². The van der Waals surface area contributed by atoms with Crippen molar-refractivity contribution in [3.63, 3.8) is 0 Å². The van der Waals surface area contributed by atoms with E-state index in [1.54, 1.807) is 20.1 Å². The lowest BCUT2D eigenvalue weighted by atomic mass is 9.80. The molecule has 0 aromatic carbocycles. The number of aliphatic hydroxyl groups is 1. The lowest BCUT2D eigenvalue weighted by molar-refractivity contribution is -0.305. The van der Waals surface area contributed by atoms with Crippen molar-refractivity contribution in [2.45, 2.75) is 84.6 Å². The van der Waals surface area contributed by atoms with Crippen LogP contribution in [0.15, 0.2) is 0 Å². The SMILES string of the molecule is C.CSC(=O)OC1CC(C)(C)N(OCC(C)(C)O)C(C)(C)C1. The Morgan fingerprint density at radius 3 is 2.09 bits per heavy atom. The topological polar surface area (TPSA) is 59.0 Å². The molecule has 0 unspecified atom stereocenters. The lowest BCUT2D eigenvalue weighted by Crippen LogP contribution is -2.62. The zero-order chi connectivity index (χ0) is 16.5. The number of thioether (sulfide) groups is 1. The number of rotatable bonds is 4. The molecule has 0 aliphatic carbocycles. The van der Waals surface area contributed by atoms with Crippen LogP contribution < -0.4 is 0 Å². The minimum atomic E-state index is -0.881. The van der Waals surface area contributed by atoms with Crippen LogP contribution in [-0.2, 0) is 9.57 Å². The fourth-order valence-electron chi connectivity index (χ4n) is 3.01. The maximum absolute atomic E-state index is 11.5. The van der Waals surface area contributed by atoms with Crippen molar-refractivity contribution >= 4 is 17.1 Å². The second-order valence-corrected chi connectivity index (χ2v) is 8.35. The summed E-state index contributed by atoms with van der Waals surface area (Å²) in [6, 6.07) is 0. The van der Waals surface area contributed by atoms with E-state index in [-0.39, 0.29) is 36.5 Å². The van der Waals surface area contributed by atoms with Gasteiger partial charge in [0.05, 0.1) is 12.2 Å². The van der Waals surface area contributed by atoms with E-state index in [2.05, 4.69) is 27.7 Å². The zero-order valence-corrected chi connectivity index (χ0v) is 15.0. The summed E-state index contributed by atoms with van der Waals surface area (Å²) in [7, 11) is 0. The third-order valence-electron chi connectivity index (χ3n) is 3.53. The highest BCUT2D eigenvalue weighted by Gasteiger charge is 2.48. The Hall–Kier alpha value is -0.300. The van der Waals surface area contributed by atoms with E-state index in [1.165, 1.54) is 0 Å². The molecule has 0 aromatic heterocycles. The van der Waals surface area contributed by atoms with Gasteiger partial charge in [-0.05, 0) is 59.6 Å². The number of ether oxygens (including phenoxy) is 1. The second kappa shape index (κ2) is 7.51. The van der Waals surface area contributed by atoms with Gasteiger partial charge in [0, 0.05) is 23.9 Å². The summed E-state index contributed by atoms with van der Waals surface area (Å²) in [6.45, 7) is 11.9. The van der Waals surface area contributed by atoms with Crippen LogP contribution >= 0.6 is 11.8 Å². The Balaban J connectivity index is 0.00000441. The molecular weight excluding hydrogens is 302 g/mol. The van der Waals surface area contributed by atoms with Crippen LogP contribution in [0.5, 0.6) is 0 Å². The standard InChI is InChI=1S/C15H29NO4S.CH4/c1-13(2)8-11(20-12(17)21-7)9-14(3,4)16(13)19-10-15(5,6)18;/h11,18H,8-10H2,1-7H3;1H4. The number of hydroxylamine groups is 2. The van der Waals surface area contributed by atoms with Gasteiger partial charge in [-0.1, -0.05) is 7.43 Å². The number of hydrogen-bond acceptors (Lipinski definition) is 6. The largest absolute Gasteiger partial charge is 0.454 e. The zero-order valence-electron chi connectivity index (χ0n) is 14.2. The van der Waals surface area contributed by atoms with Crippen LogP contribution in [0.1, 0.15) is 61.8 Å². The van der Waals surface area contributed by atoms with Gasteiger partial charge in [0.2, 0.25) is 0 Å². The van der Waals surface area contributed by atoms with Crippen LogP contribution in [-0.4, -0.2) is 51.1 Å². The van der Waals surface area contributed by atoms with Crippen molar-refractivity contribution in [2.75, 3.05) is 12.9 Å². The highest BCUT2D eigenvalue weighted by molar-refractivity contribution is 8.12. The minimum absolute atomic E-state index is 0. The summed E-state index contributed by atoms with van der Waals surface area (Å²) in [4.78, 5) is 17.4. The average Bonchev–Trinajstić information content (AvgIpc) is 2.23. The monoisotopic (exact) mass is 335 g/mol. The molecule has 1 rings (SSSR count). The molecule has 1 fully saturated rings. The molecule has 0 amide bonds. The van der Waals surface area contributed by atoms with Gasteiger partial charge in [-0.3, -0.25) is 4.84 Å². The molecule has 1 aliphatic heterocycles. The van der Waals surface area contributed by atoms with Crippen LogP contribution in [0.3, 0.4) is 0 Å².